The topological polar surface area (TPSA) is 69.7 Å². The summed E-state index contributed by atoms with van der Waals surface area (Å²) in [6.45, 7) is 8.91. The van der Waals surface area contributed by atoms with Crippen LogP contribution in [0.15, 0.2) is 0 Å². The van der Waals surface area contributed by atoms with Gasteiger partial charge in [-0.15, -0.1) is 0 Å². The molecule has 1 amide bonds. The lowest BCUT2D eigenvalue weighted by Gasteiger charge is -2.30. The van der Waals surface area contributed by atoms with Gasteiger partial charge in [-0.2, -0.15) is 0 Å². The molecule has 0 bridgehead atoms. The molecule has 1 fully saturated rings. The number of sulfonamides is 1. The zero-order chi connectivity index (χ0) is 18.0. The van der Waals surface area contributed by atoms with E-state index >= 15 is 0 Å². The van der Waals surface area contributed by atoms with Crippen molar-refractivity contribution in [1.29, 1.82) is 0 Å². The number of nitrogens with one attached hydrogen (secondary N) is 1. The maximum atomic E-state index is 12.3. The van der Waals surface area contributed by atoms with Gasteiger partial charge in [0.2, 0.25) is 15.9 Å². The number of carbonyl (C=O) groups excluding carboxylic acids is 1. The highest BCUT2D eigenvalue weighted by Gasteiger charge is 2.29. The first-order chi connectivity index (χ1) is 11.4. The molecule has 0 aromatic heterocycles. The molecule has 0 saturated carbocycles. The third kappa shape index (κ3) is 7.94. The Morgan fingerprint density at radius 2 is 1.79 bits per heavy atom. The Morgan fingerprint density at radius 3 is 2.33 bits per heavy atom. The molecule has 1 atom stereocenters. The molecule has 1 rings (SSSR count). The number of hydrogen-bond donors (Lipinski definition) is 1. The van der Waals surface area contributed by atoms with E-state index in [2.05, 4.69) is 24.1 Å². The third-order valence-corrected chi connectivity index (χ3v) is 5.88. The fourth-order valence-corrected chi connectivity index (χ4v) is 3.95. The Bertz CT molecular complexity index is 460. The van der Waals surface area contributed by atoms with Crippen molar-refractivity contribution in [2.45, 2.75) is 52.4 Å². The number of amides is 1. The lowest BCUT2D eigenvalue weighted by molar-refractivity contribution is -0.126. The normalized spacial score (nSPS) is 19.6. The van der Waals surface area contributed by atoms with Gasteiger partial charge in [-0.25, -0.2) is 12.7 Å². The molecule has 1 saturated heterocycles. The fourth-order valence-electron chi connectivity index (χ4n) is 3.04. The number of nitrogens with zero attached hydrogens (tertiary/aromatic N) is 2. The lowest BCUT2D eigenvalue weighted by atomic mass is 9.99. The Kier molecular flexibility index (Phi) is 9.85. The molecular formula is C17H35N3O3S. The van der Waals surface area contributed by atoms with Crippen LogP contribution in [0, 0.1) is 5.92 Å². The van der Waals surface area contributed by atoms with Gasteiger partial charge in [0, 0.05) is 26.2 Å². The molecule has 1 aliphatic rings. The van der Waals surface area contributed by atoms with Crippen LogP contribution in [0.25, 0.3) is 0 Å². The van der Waals surface area contributed by atoms with Crippen LogP contribution in [0.1, 0.15) is 52.4 Å². The third-order valence-electron chi connectivity index (χ3n) is 4.61. The number of carbonyl (C=O) groups is 1. The molecule has 1 unspecified atom stereocenters. The summed E-state index contributed by atoms with van der Waals surface area (Å²) in [7, 11) is -3.20. The van der Waals surface area contributed by atoms with Gasteiger partial charge in [0.05, 0.1) is 12.2 Å². The molecule has 0 radical (unpaired) electrons. The van der Waals surface area contributed by atoms with Gasteiger partial charge in [0.1, 0.15) is 0 Å². The van der Waals surface area contributed by atoms with E-state index in [1.54, 1.807) is 0 Å². The summed E-state index contributed by atoms with van der Waals surface area (Å²) in [4.78, 5) is 14.7. The summed E-state index contributed by atoms with van der Waals surface area (Å²) in [5.41, 5.74) is 0. The zero-order valence-electron chi connectivity index (χ0n) is 15.6. The van der Waals surface area contributed by atoms with Crippen molar-refractivity contribution in [3.63, 3.8) is 0 Å². The first-order valence-electron chi connectivity index (χ1n) is 9.33. The molecule has 1 N–H and O–H groups in total. The first-order valence-corrected chi connectivity index (χ1v) is 11.2. The number of hydrogen-bond acceptors (Lipinski definition) is 4. The molecule has 1 aliphatic heterocycles. The minimum absolute atomic E-state index is 0.00529. The Labute approximate surface area is 148 Å². The monoisotopic (exact) mass is 361 g/mol. The smallest absolute Gasteiger partial charge is 0.224 e. The van der Waals surface area contributed by atoms with Crippen LogP contribution in [0.3, 0.4) is 0 Å². The van der Waals surface area contributed by atoms with Crippen molar-refractivity contribution in [3.05, 3.63) is 0 Å². The quantitative estimate of drug-likeness (QED) is 0.608. The van der Waals surface area contributed by atoms with Gasteiger partial charge in [0.25, 0.3) is 0 Å². The van der Waals surface area contributed by atoms with E-state index in [9.17, 15) is 13.2 Å². The fraction of sp³-hybridized carbons (Fsp3) is 0.941. The lowest BCUT2D eigenvalue weighted by Crippen LogP contribution is -2.46. The van der Waals surface area contributed by atoms with Crippen LogP contribution < -0.4 is 5.32 Å². The van der Waals surface area contributed by atoms with E-state index < -0.39 is 10.0 Å². The molecule has 6 nitrogen and oxygen atoms in total. The molecular weight excluding hydrogens is 326 g/mol. The second-order valence-corrected chi connectivity index (χ2v) is 8.78. The Balaban J connectivity index is 2.38. The van der Waals surface area contributed by atoms with Crippen LogP contribution in [0.5, 0.6) is 0 Å². The summed E-state index contributed by atoms with van der Waals surface area (Å²) in [6.07, 6.45) is 7.47. The number of unbranched alkanes of at least 4 members (excludes halogenated alkanes) is 2. The Hall–Kier alpha value is -0.660. The van der Waals surface area contributed by atoms with Gasteiger partial charge in [-0.1, -0.05) is 26.7 Å². The average molecular weight is 362 g/mol. The van der Waals surface area contributed by atoms with Crippen molar-refractivity contribution in [2.75, 3.05) is 45.5 Å². The molecule has 24 heavy (non-hydrogen) atoms. The highest BCUT2D eigenvalue weighted by atomic mass is 32.2. The highest BCUT2D eigenvalue weighted by molar-refractivity contribution is 7.88. The van der Waals surface area contributed by atoms with Crippen molar-refractivity contribution in [2.24, 2.45) is 5.92 Å². The van der Waals surface area contributed by atoms with Crippen molar-refractivity contribution < 1.29 is 13.2 Å². The van der Waals surface area contributed by atoms with Crippen LogP contribution in [-0.4, -0.2) is 69.1 Å². The second kappa shape index (κ2) is 11.1. The molecule has 0 aromatic carbocycles. The van der Waals surface area contributed by atoms with Crippen LogP contribution >= 0.6 is 0 Å². The number of rotatable bonds is 11. The van der Waals surface area contributed by atoms with E-state index in [4.69, 9.17) is 0 Å². The molecule has 0 aromatic rings. The van der Waals surface area contributed by atoms with Gasteiger partial charge >= 0.3 is 0 Å². The SMILES string of the molecule is CCCCN(CCCC)CCNC(=O)C1CCCN(S(C)(=O)=O)C1. The first kappa shape index (κ1) is 21.4. The summed E-state index contributed by atoms with van der Waals surface area (Å²) in [6, 6.07) is 0. The van der Waals surface area contributed by atoms with Gasteiger partial charge in [-0.3, -0.25) is 4.79 Å². The largest absolute Gasteiger partial charge is 0.355 e. The molecule has 0 spiro atoms. The van der Waals surface area contributed by atoms with E-state index in [0.29, 0.717) is 19.6 Å². The van der Waals surface area contributed by atoms with Crippen molar-refractivity contribution >= 4 is 15.9 Å². The van der Waals surface area contributed by atoms with Crippen molar-refractivity contribution in [1.82, 2.24) is 14.5 Å². The van der Waals surface area contributed by atoms with Crippen LogP contribution in [0.4, 0.5) is 0 Å². The highest BCUT2D eigenvalue weighted by Crippen LogP contribution is 2.18. The van der Waals surface area contributed by atoms with E-state index in [1.165, 1.54) is 36.2 Å². The Morgan fingerprint density at radius 1 is 1.17 bits per heavy atom. The summed E-state index contributed by atoms with van der Waals surface area (Å²) < 4.78 is 24.7. The molecule has 0 aliphatic carbocycles. The van der Waals surface area contributed by atoms with Crippen LogP contribution in [-0.2, 0) is 14.8 Å². The predicted octanol–water partition coefficient (Wildman–Crippen LogP) is 1.68. The van der Waals surface area contributed by atoms with E-state index in [1.807, 2.05) is 0 Å². The van der Waals surface area contributed by atoms with Gasteiger partial charge in [-0.05, 0) is 38.8 Å². The summed E-state index contributed by atoms with van der Waals surface area (Å²) in [5.74, 6) is -0.220. The molecule has 142 valence electrons. The molecule has 1 heterocycles. The summed E-state index contributed by atoms with van der Waals surface area (Å²) in [5, 5.41) is 3.01. The van der Waals surface area contributed by atoms with Gasteiger partial charge < -0.3 is 10.2 Å². The average Bonchev–Trinajstić information content (AvgIpc) is 2.56. The minimum atomic E-state index is -3.20. The van der Waals surface area contributed by atoms with Crippen LogP contribution in [0.2, 0.25) is 0 Å². The maximum absolute atomic E-state index is 12.3. The molecule has 7 heteroatoms. The number of piperidine rings is 1. The zero-order valence-corrected chi connectivity index (χ0v) is 16.4. The van der Waals surface area contributed by atoms with E-state index in [-0.39, 0.29) is 11.8 Å². The minimum Gasteiger partial charge on any atom is -0.355 e. The maximum Gasteiger partial charge on any atom is 0.224 e. The van der Waals surface area contributed by atoms with E-state index in [0.717, 1.165) is 32.5 Å². The second-order valence-electron chi connectivity index (χ2n) is 6.80. The van der Waals surface area contributed by atoms with Gasteiger partial charge in [0.15, 0.2) is 0 Å². The predicted molar refractivity (Wildman–Crippen MR) is 98.4 cm³/mol. The standard InChI is InChI=1S/C17H35N3O3S/c1-4-6-11-19(12-7-5-2)14-10-18-17(21)16-9-8-13-20(15-16)24(3,22)23/h16H,4-15H2,1-3H3,(H,18,21). The summed E-state index contributed by atoms with van der Waals surface area (Å²) >= 11 is 0. The van der Waals surface area contributed by atoms with Crippen molar-refractivity contribution in [3.8, 4) is 0 Å².